The second-order valence-electron chi connectivity index (χ2n) is 5.72. The molecule has 0 bridgehead atoms. The first-order valence-corrected chi connectivity index (χ1v) is 7.46. The summed E-state index contributed by atoms with van der Waals surface area (Å²) in [7, 11) is 1.98. The monoisotopic (exact) mass is 283 g/mol. The van der Waals surface area contributed by atoms with Gasteiger partial charge >= 0.3 is 0 Å². The fourth-order valence-corrected chi connectivity index (χ4v) is 2.52. The molecular formula is C19H25NO. The predicted octanol–water partition coefficient (Wildman–Crippen LogP) is 4.26. The van der Waals surface area contributed by atoms with Crippen LogP contribution in [0, 0.1) is 27.7 Å². The Hall–Kier alpha value is -1.80. The second-order valence-corrected chi connectivity index (χ2v) is 5.72. The second kappa shape index (κ2) is 6.77. The highest BCUT2D eigenvalue weighted by Gasteiger charge is 2.12. The van der Waals surface area contributed by atoms with E-state index in [1.807, 2.05) is 7.05 Å². The SMILES string of the molecule is CNC(COc1c(C)cccc1C)c1ccc(C)c(C)c1. The van der Waals surface area contributed by atoms with Crippen LogP contribution in [0.3, 0.4) is 0 Å². The van der Waals surface area contributed by atoms with Gasteiger partial charge in [0.25, 0.3) is 0 Å². The van der Waals surface area contributed by atoms with Crippen molar-refractivity contribution in [2.45, 2.75) is 33.7 Å². The van der Waals surface area contributed by atoms with Gasteiger partial charge in [-0.3, -0.25) is 0 Å². The molecule has 1 unspecified atom stereocenters. The minimum atomic E-state index is 0.198. The number of rotatable bonds is 5. The number of nitrogens with one attached hydrogen (secondary N) is 1. The minimum absolute atomic E-state index is 0.198. The summed E-state index contributed by atoms with van der Waals surface area (Å²) in [5, 5.41) is 3.35. The van der Waals surface area contributed by atoms with Crippen LogP contribution in [0.1, 0.15) is 33.9 Å². The van der Waals surface area contributed by atoms with Gasteiger partial charge in [-0.2, -0.15) is 0 Å². The Bertz CT molecular complexity index is 599. The molecule has 112 valence electrons. The predicted molar refractivity (Wildman–Crippen MR) is 89.1 cm³/mol. The van der Waals surface area contributed by atoms with Crippen molar-refractivity contribution in [1.82, 2.24) is 5.32 Å². The largest absolute Gasteiger partial charge is 0.491 e. The molecule has 0 heterocycles. The molecule has 0 radical (unpaired) electrons. The van der Waals surface area contributed by atoms with Crippen molar-refractivity contribution >= 4 is 0 Å². The van der Waals surface area contributed by atoms with E-state index in [9.17, 15) is 0 Å². The Morgan fingerprint density at radius 1 is 0.905 bits per heavy atom. The highest BCUT2D eigenvalue weighted by Crippen LogP contribution is 2.24. The quantitative estimate of drug-likeness (QED) is 0.885. The van der Waals surface area contributed by atoms with Gasteiger partial charge in [-0.05, 0) is 62.6 Å². The zero-order valence-corrected chi connectivity index (χ0v) is 13.7. The number of aryl methyl sites for hydroxylation is 4. The first kappa shape index (κ1) is 15.6. The third kappa shape index (κ3) is 3.64. The summed E-state index contributed by atoms with van der Waals surface area (Å²) in [6.45, 7) is 9.10. The molecule has 0 fully saturated rings. The molecule has 2 heteroatoms. The average Bonchev–Trinajstić information content (AvgIpc) is 2.46. The number of hydrogen-bond acceptors (Lipinski definition) is 2. The summed E-state index contributed by atoms with van der Waals surface area (Å²) >= 11 is 0. The molecule has 1 atom stereocenters. The highest BCUT2D eigenvalue weighted by molar-refractivity contribution is 5.40. The van der Waals surface area contributed by atoms with E-state index in [0.29, 0.717) is 6.61 Å². The standard InChI is InChI=1S/C19H25NO/c1-13-9-10-17(11-16(13)4)18(20-5)12-21-19-14(2)7-6-8-15(19)3/h6-11,18,20H,12H2,1-5H3. The molecule has 0 aliphatic heterocycles. The van der Waals surface area contributed by atoms with Crippen molar-refractivity contribution in [1.29, 1.82) is 0 Å². The molecule has 0 aliphatic rings. The number of hydrogen-bond donors (Lipinski definition) is 1. The number of likely N-dealkylation sites (N-methyl/N-ethyl adjacent to an activating group) is 1. The van der Waals surface area contributed by atoms with E-state index in [4.69, 9.17) is 4.74 Å². The minimum Gasteiger partial charge on any atom is -0.491 e. The van der Waals surface area contributed by atoms with Gasteiger partial charge in [-0.15, -0.1) is 0 Å². The summed E-state index contributed by atoms with van der Waals surface area (Å²) in [5.41, 5.74) is 6.28. The van der Waals surface area contributed by atoms with Gasteiger partial charge in [0.15, 0.2) is 0 Å². The lowest BCUT2D eigenvalue weighted by molar-refractivity contribution is 0.270. The van der Waals surface area contributed by atoms with Gasteiger partial charge in [0.05, 0.1) is 6.04 Å². The molecule has 0 saturated heterocycles. The number of ether oxygens (including phenoxy) is 1. The third-order valence-electron chi connectivity index (χ3n) is 4.08. The molecule has 2 nitrogen and oxygen atoms in total. The summed E-state index contributed by atoms with van der Waals surface area (Å²) in [6.07, 6.45) is 0. The summed E-state index contributed by atoms with van der Waals surface area (Å²) in [5.74, 6) is 1.00. The third-order valence-corrected chi connectivity index (χ3v) is 4.08. The smallest absolute Gasteiger partial charge is 0.125 e. The first-order chi connectivity index (χ1) is 10.0. The molecule has 0 aliphatic carbocycles. The van der Waals surface area contributed by atoms with Gasteiger partial charge in [-0.1, -0.05) is 36.4 Å². The van der Waals surface area contributed by atoms with Crippen LogP contribution >= 0.6 is 0 Å². The van der Waals surface area contributed by atoms with Gasteiger partial charge in [0.2, 0.25) is 0 Å². The van der Waals surface area contributed by atoms with E-state index in [2.05, 4.69) is 69.4 Å². The maximum absolute atomic E-state index is 6.08. The maximum atomic E-state index is 6.08. The molecule has 2 rings (SSSR count). The van der Waals surface area contributed by atoms with Crippen LogP contribution in [-0.4, -0.2) is 13.7 Å². The van der Waals surface area contributed by atoms with Crippen LogP contribution in [0.25, 0.3) is 0 Å². The van der Waals surface area contributed by atoms with Crippen LogP contribution in [0.4, 0.5) is 0 Å². The van der Waals surface area contributed by atoms with Crippen molar-refractivity contribution in [3.8, 4) is 5.75 Å². The van der Waals surface area contributed by atoms with Crippen molar-refractivity contribution in [2.75, 3.05) is 13.7 Å². The average molecular weight is 283 g/mol. The normalized spacial score (nSPS) is 12.2. The van der Waals surface area contributed by atoms with Crippen molar-refractivity contribution < 1.29 is 4.74 Å². The fourth-order valence-electron chi connectivity index (χ4n) is 2.52. The maximum Gasteiger partial charge on any atom is 0.125 e. The van der Waals surface area contributed by atoms with E-state index in [0.717, 1.165) is 5.75 Å². The van der Waals surface area contributed by atoms with E-state index in [-0.39, 0.29) is 6.04 Å². The van der Waals surface area contributed by atoms with Gasteiger partial charge < -0.3 is 10.1 Å². The van der Waals surface area contributed by atoms with E-state index < -0.39 is 0 Å². The Morgan fingerprint density at radius 2 is 1.57 bits per heavy atom. The van der Waals surface area contributed by atoms with Crippen molar-refractivity contribution in [2.24, 2.45) is 0 Å². The Kier molecular flexibility index (Phi) is 5.03. The molecule has 1 N–H and O–H groups in total. The number of benzene rings is 2. The number of para-hydroxylation sites is 1. The summed E-state index contributed by atoms with van der Waals surface area (Å²) in [4.78, 5) is 0. The summed E-state index contributed by atoms with van der Waals surface area (Å²) in [6, 6.07) is 13.0. The van der Waals surface area contributed by atoms with Gasteiger partial charge in [0.1, 0.15) is 12.4 Å². The van der Waals surface area contributed by atoms with E-state index in [1.165, 1.54) is 27.8 Å². The van der Waals surface area contributed by atoms with Crippen LogP contribution in [0.15, 0.2) is 36.4 Å². The Balaban J connectivity index is 2.14. The molecule has 2 aromatic rings. The van der Waals surface area contributed by atoms with E-state index in [1.54, 1.807) is 0 Å². The van der Waals surface area contributed by atoms with E-state index >= 15 is 0 Å². The lowest BCUT2D eigenvalue weighted by Crippen LogP contribution is -2.23. The van der Waals surface area contributed by atoms with Crippen molar-refractivity contribution in [3.05, 3.63) is 64.2 Å². The molecule has 2 aromatic carbocycles. The van der Waals surface area contributed by atoms with Crippen LogP contribution in [0.5, 0.6) is 5.75 Å². The lowest BCUT2D eigenvalue weighted by Gasteiger charge is -2.20. The molecule has 21 heavy (non-hydrogen) atoms. The van der Waals surface area contributed by atoms with Crippen LogP contribution < -0.4 is 10.1 Å². The first-order valence-electron chi connectivity index (χ1n) is 7.46. The van der Waals surface area contributed by atoms with Gasteiger partial charge in [-0.25, -0.2) is 0 Å². The fraction of sp³-hybridized carbons (Fsp3) is 0.368. The molecule has 0 amide bonds. The highest BCUT2D eigenvalue weighted by atomic mass is 16.5. The lowest BCUT2D eigenvalue weighted by atomic mass is 10.0. The zero-order valence-electron chi connectivity index (χ0n) is 13.7. The topological polar surface area (TPSA) is 21.3 Å². The van der Waals surface area contributed by atoms with Gasteiger partial charge in [0, 0.05) is 0 Å². The Labute approximate surface area is 128 Å². The summed E-state index contributed by atoms with van der Waals surface area (Å²) < 4.78 is 6.08. The molecular weight excluding hydrogens is 258 g/mol. The Morgan fingerprint density at radius 3 is 2.14 bits per heavy atom. The molecule has 0 spiro atoms. The van der Waals surface area contributed by atoms with Crippen LogP contribution in [0.2, 0.25) is 0 Å². The van der Waals surface area contributed by atoms with Crippen LogP contribution in [-0.2, 0) is 0 Å². The van der Waals surface area contributed by atoms with Crippen molar-refractivity contribution in [3.63, 3.8) is 0 Å². The molecule has 0 saturated carbocycles. The zero-order chi connectivity index (χ0) is 15.4. The molecule has 0 aromatic heterocycles.